The Labute approximate surface area is 136 Å². The maximum absolute atomic E-state index is 5.48. The molecule has 0 aliphatic carbocycles. The monoisotopic (exact) mass is 318 g/mol. The van der Waals surface area contributed by atoms with Crippen molar-refractivity contribution in [2.24, 2.45) is 0 Å². The van der Waals surface area contributed by atoms with E-state index in [0.29, 0.717) is 0 Å². The van der Waals surface area contributed by atoms with Gasteiger partial charge in [-0.05, 0) is 26.1 Å². The summed E-state index contributed by atoms with van der Waals surface area (Å²) in [6.45, 7) is 7.64. The van der Waals surface area contributed by atoms with Gasteiger partial charge in [-0.1, -0.05) is 18.2 Å². The SMILES string of the molecule is C=C(C)CN(C)Cc1csc(-c2cccc(OC)c2OC)n1. The maximum atomic E-state index is 5.48. The first kappa shape index (κ1) is 16.5. The van der Waals surface area contributed by atoms with E-state index in [9.17, 15) is 0 Å². The average Bonchev–Trinajstić information content (AvgIpc) is 2.93. The molecule has 4 nitrogen and oxygen atoms in total. The zero-order valence-electron chi connectivity index (χ0n) is 13.5. The summed E-state index contributed by atoms with van der Waals surface area (Å²) in [4.78, 5) is 6.92. The third kappa shape index (κ3) is 3.87. The van der Waals surface area contributed by atoms with Crippen molar-refractivity contribution in [3.05, 3.63) is 41.4 Å². The average molecular weight is 318 g/mol. The topological polar surface area (TPSA) is 34.6 Å². The Morgan fingerprint density at radius 2 is 2.09 bits per heavy atom. The summed E-state index contributed by atoms with van der Waals surface area (Å²) in [5, 5.41) is 3.03. The van der Waals surface area contributed by atoms with E-state index in [4.69, 9.17) is 14.5 Å². The Bertz CT molecular complexity index is 652. The fourth-order valence-corrected chi connectivity index (χ4v) is 3.18. The molecule has 1 aromatic carbocycles. The molecule has 5 heteroatoms. The molecule has 22 heavy (non-hydrogen) atoms. The molecule has 0 fully saturated rings. The highest BCUT2D eigenvalue weighted by atomic mass is 32.1. The van der Waals surface area contributed by atoms with E-state index in [0.717, 1.165) is 46.4 Å². The zero-order chi connectivity index (χ0) is 16.1. The lowest BCUT2D eigenvalue weighted by atomic mass is 10.2. The lowest BCUT2D eigenvalue weighted by molar-refractivity contribution is 0.351. The van der Waals surface area contributed by atoms with Gasteiger partial charge < -0.3 is 9.47 Å². The minimum atomic E-state index is 0.719. The third-order valence-electron chi connectivity index (χ3n) is 3.16. The van der Waals surface area contributed by atoms with Crippen LogP contribution in [0.3, 0.4) is 0 Å². The summed E-state index contributed by atoms with van der Waals surface area (Å²) in [6.07, 6.45) is 0. The molecule has 0 spiro atoms. The molecule has 0 N–H and O–H groups in total. The normalized spacial score (nSPS) is 10.8. The maximum Gasteiger partial charge on any atom is 0.170 e. The highest BCUT2D eigenvalue weighted by molar-refractivity contribution is 7.13. The second-order valence-electron chi connectivity index (χ2n) is 5.31. The molecule has 0 amide bonds. The van der Waals surface area contributed by atoms with E-state index in [-0.39, 0.29) is 0 Å². The fourth-order valence-electron chi connectivity index (χ4n) is 2.35. The van der Waals surface area contributed by atoms with Crippen molar-refractivity contribution in [3.63, 3.8) is 0 Å². The predicted molar refractivity (Wildman–Crippen MR) is 91.8 cm³/mol. The Morgan fingerprint density at radius 1 is 1.32 bits per heavy atom. The van der Waals surface area contributed by atoms with Crippen molar-refractivity contribution < 1.29 is 9.47 Å². The highest BCUT2D eigenvalue weighted by Crippen LogP contribution is 2.38. The first-order chi connectivity index (χ1) is 10.5. The number of nitrogens with zero attached hydrogens (tertiary/aromatic N) is 2. The van der Waals surface area contributed by atoms with Crippen LogP contribution in [0.2, 0.25) is 0 Å². The largest absolute Gasteiger partial charge is 0.493 e. The number of hydrogen-bond donors (Lipinski definition) is 0. The van der Waals surface area contributed by atoms with Crippen LogP contribution in [0, 0.1) is 0 Å². The quantitative estimate of drug-likeness (QED) is 0.727. The summed E-state index contributed by atoms with van der Waals surface area (Å²) in [6, 6.07) is 5.84. The van der Waals surface area contributed by atoms with Crippen molar-refractivity contribution in [2.45, 2.75) is 13.5 Å². The number of thiazole rings is 1. The number of benzene rings is 1. The van der Waals surface area contributed by atoms with Gasteiger partial charge in [0.2, 0.25) is 0 Å². The zero-order valence-corrected chi connectivity index (χ0v) is 14.4. The number of likely N-dealkylation sites (N-methyl/N-ethyl adjacent to an activating group) is 1. The summed E-state index contributed by atoms with van der Waals surface area (Å²) >= 11 is 1.62. The van der Waals surface area contributed by atoms with E-state index in [1.54, 1.807) is 25.6 Å². The van der Waals surface area contributed by atoms with Crippen LogP contribution in [0.1, 0.15) is 12.6 Å². The van der Waals surface area contributed by atoms with Crippen molar-refractivity contribution in [1.82, 2.24) is 9.88 Å². The Balaban J connectivity index is 2.23. The molecular weight excluding hydrogens is 296 g/mol. The molecule has 118 valence electrons. The van der Waals surface area contributed by atoms with Crippen LogP contribution in [0.15, 0.2) is 35.7 Å². The summed E-state index contributed by atoms with van der Waals surface area (Å²) in [5.74, 6) is 1.44. The van der Waals surface area contributed by atoms with Crippen molar-refractivity contribution in [1.29, 1.82) is 0 Å². The van der Waals surface area contributed by atoms with Crippen LogP contribution in [0.25, 0.3) is 10.6 Å². The van der Waals surface area contributed by atoms with Gasteiger partial charge >= 0.3 is 0 Å². The van der Waals surface area contributed by atoms with Gasteiger partial charge in [-0.15, -0.1) is 11.3 Å². The molecule has 1 heterocycles. The molecular formula is C17H22N2O2S. The standard InChI is InChI=1S/C17H22N2O2S/c1-12(2)9-19(3)10-13-11-22-17(18-13)14-7-6-8-15(20-4)16(14)21-5/h6-8,11H,1,9-10H2,2-5H3. The van der Waals surface area contributed by atoms with Crippen LogP contribution >= 0.6 is 11.3 Å². The first-order valence-corrected chi connectivity index (χ1v) is 7.91. The van der Waals surface area contributed by atoms with Gasteiger partial charge in [0.25, 0.3) is 0 Å². The van der Waals surface area contributed by atoms with Crippen LogP contribution in [-0.2, 0) is 6.54 Å². The van der Waals surface area contributed by atoms with Gasteiger partial charge in [0.05, 0.1) is 25.5 Å². The van der Waals surface area contributed by atoms with Gasteiger partial charge in [0.15, 0.2) is 11.5 Å². The van der Waals surface area contributed by atoms with Crippen LogP contribution in [0.4, 0.5) is 0 Å². The summed E-state index contributed by atoms with van der Waals surface area (Å²) in [5.41, 5.74) is 3.15. The van der Waals surface area contributed by atoms with Crippen LogP contribution in [-0.4, -0.2) is 37.7 Å². The number of ether oxygens (including phenoxy) is 2. The van der Waals surface area contributed by atoms with Crippen LogP contribution in [0.5, 0.6) is 11.5 Å². The lowest BCUT2D eigenvalue weighted by Gasteiger charge is -2.14. The molecule has 0 atom stereocenters. The van der Waals surface area contributed by atoms with E-state index >= 15 is 0 Å². The molecule has 1 aromatic heterocycles. The molecule has 0 aliphatic rings. The van der Waals surface area contributed by atoms with Gasteiger partial charge in [-0.2, -0.15) is 0 Å². The number of aromatic nitrogens is 1. The Kier molecular flexibility index (Phi) is 5.57. The van der Waals surface area contributed by atoms with Crippen molar-refractivity contribution >= 4 is 11.3 Å². The van der Waals surface area contributed by atoms with E-state index in [1.165, 1.54) is 0 Å². The van der Waals surface area contributed by atoms with Gasteiger partial charge in [-0.25, -0.2) is 4.98 Å². The Hall–Kier alpha value is -1.85. The van der Waals surface area contributed by atoms with Crippen LogP contribution < -0.4 is 9.47 Å². The minimum Gasteiger partial charge on any atom is -0.493 e. The Morgan fingerprint density at radius 3 is 2.73 bits per heavy atom. The summed E-state index contributed by atoms with van der Waals surface area (Å²) < 4.78 is 10.8. The molecule has 0 unspecified atom stereocenters. The van der Waals surface area contributed by atoms with E-state index < -0.39 is 0 Å². The van der Waals surface area contributed by atoms with Crippen molar-refractivity contribution in [3.8, 4) is 22.1 Å². The highest BCUT2D eigenvalue weighted by Gasteiger charge is 2.15. The molecule has 2 rings (SSSR count). The molecule has 0 aliphatic heterocycles. The molecule has 0 saturated heterocycles. The number of rotatable bonds is 7. The molecule has 0 bridgehead atoms. The molecule has 0 radical (unpaired) electrons. The smallest absolute Gasteiger partial charge is 0.170 e. The fraction of sp³-hybridized carbons (Fsp3) is 0.353. The molecule has 0 saturated carbocycles. The predicted octanol–water partition coefficient (Wildman–Crippen LogP) is 3.84. The van der Waals surface area contributed by atoms with Gasteiger partial charge in [0.1, 0.15) is 5.01 Å². The summed E-state index contributed by atoms with van der Waals surface area (Å²) in [7, 11) is 5.36. The third-order valence-corrected chi connectivity index (χ3v) is 4.08. The van der Waals surface area contributed by atoms with Crippen molar-refractivity contribution in [2.75, 3.05) is 27.8 Å². The minimum absolute atomic E-state index is 0.719. The first-order valence-electron chi connectivity index (χ1n) is 7.03. The van der Waals surface area contributed by atoms with Gasteiger partial charge in [-0.3, -0.25) is 4.90 Å². The second kappa shape index (κ2) is 7.42. The number of hydrogen-bond acceptors (Lipinski definition) is 5. The molecule has 2 aromatic rings. The van der Waals surface area contributed by atoms with E-state index in [2.05, 4.69) is 23.9 Å². The number of methoxy groups -OCH3 is 2. The lowest BCUT2D eigenvalue weighted by Crippen LogP contribution is -2.19. The van der Waals surface area contributed by atoms with Gasteiger partial charge in [0, 0.05) is 18.5 Å². The second-order valence-corrected chi connectivity index (χ2v) is 6.17. The number of para-hydroxylation sites is 1. The van der Waals surface area contributed by atoms with E-state index in [1.807, 2.05) is 25.1 Å².